The quantitative estimate of drug-likeness (QED) is 0.871. The van der Waals surface area contributed by atoms with Crippen molar-refractivity contribution in [2.45, 2.75) is 6.42 Å². The van der Waals surface area contributed by atoms with E-state index < -0.39 is 5.97 Å². The highest BCUT2D eigenvalue weighted by molar-refractivity contribution is 5.76. The topological polar surface area (TPSA) is 46.5 Å². The summed E-state index contributed by atoms with van der Waals surface area (Å²) in [7, 11) is 1.63. The van der Waals surface area contributed by atoms with E-state index in [9.17, 15) is 9.90 Å². The fraction of sp³-hybridized carbons (Fsp3) is 0.190. The minimum Gasteiger partial charge on any atom is -0.497 e. The molecule has 0 saturated heterocycles. The fourth-order valence-corrected chi connectivity index (χ4v) is 2.59. The summed E-state index contributed by atoms with van der Waals surface area (Å²) in [5, 5.41) is 9.19. The monoisotopic (exact) mass is 318 g/mol. The Labute approximate surface area is 141 Å². The number of aliphatic carboxylic acids is 1. The predicted molar refractivity (Wildman–Crippen MR) is 93.5 cm³/mol. The molecule has 0 radical (unpaired) electrons. The summed E-state index contributed by atoms with van der Waals surface area (Å²) in [5.41, 5.74) is 2.79. The van der Waals surface area contributed by atoms with Crippen LogP contribution in [0.4, 0.5) is 0 Å². The molecule has 0 unspecified atom stereocenters. The van der Waals surface area contributed by atoms with Crippen LogP contribution < -0.4 is 4.74 Å². The second-order valence-corrected chi connectivity index (χ2v) is 5.78. The lowest BCUT2D eigenvalue weighted by atomic mass is 10.0. The van der Waals surface area contributed by atoms with E-state index >= 15 is 0 Å². The molecular formula is C21H18O3. The number of carboxylic acids is 1. The maximum atomic E-state index is 11.2. The van der Waals surface area contributed by atoms with Gasteiger partial charge in [0.05, 0.1) is 13.0 Å². The van der Waals surface area contributed by atoms with Gasteiger partial charge in [-0.15, -0.1) is 0 Å². The van der Waals surface area contributed by atoms with Gasteiger partial charge in [0.25, 0.3) is 0 Å². The van der Waals surface area contributed by atoms with E-state index in [1.54, 1.807) is 7.11 Å². The van der Waals surface area contributed by atoms with Crippen LogP contribution in [0.15, 0.2) is 60.2 Å². The molecular weight excluding hydrogens is 300 g/mol. The van der Waals surface area contributed by atoms with E-state index in [0.29, 0.717) is 6.42 Å². The molecule has 1 saturated carbocycles. The second kappa shape index (κ2) is 7.06. The van der Waals surface area contributed by atoms with Crippen molar-refractivity contribution in [3.05, 3.63) is 71.3 Å². The molecule has 2 atom stereocenters. The van der Waals surface area contributed by atoms with Crippen LogP contribution in [0.5, 0.6) is 5.75 Å². The molecule has 0 aliphatic heterocycles. The van der Waals surface area contributed by atoms with Gasteiger partial charge >= 0.3 is 5.97 Å². The molecule has 120 valence electrons. The number of methoxy groups -OCH3 is 1. The molecule has 0 heterocycles. The largest absolute Gasteiger partial charge is 0.497 e. The predicted octanol–water partition coefficient (Wildman–Crippen LogP) is 3.85. The second-order valence-electron chi connectivity index (χ2n) is 5.78. The molecule has 0 amide bonds. The van der Waals surface area contributed by atoms with Gasteiger partial charge in [-0.25, -0.2) is 0 Å². The van der Waals surface area contributed by atoms with E-state index in [-0.39, 0.29) is 11.8 Å². The normalized spacial score (nSPS) is 19.1. The number of carbonyl (C=O) groups is 1. The van der Waals surface area contributed by atoms with Crippen LogP contribution in [-0.4, -0.2) is 18.2 Å². The van der Waals surface area contributed by atoms with Crippen molar-refractivity contribution in [2.75, 3.05) is 7.11 Å². The standard InChI is InChI=1S/C21H18O3/c1-24-18-11-8-15(9-12-18)7-10-17(19-14-20(19)21(22)23)13-16-5-3-2-4-6-16/h2-6,8-9,11-13,19-20H,14H2,1H3,(H,22,23)/b17-13-/t19-,20+/m1/s1. The maximum Gasteiger partial charge on any atom is 0.307 e. The van der Waals surface area contributed by atoms with E-state index in [1.165, 1.54) is 0 Å². The van der Waals surface area contributed by atoms with Crippen LogP contribution in [0.25, 0.3) is 6.08 Å². The van der Waals surface area contributed by atoms with Gasteiger partial charge < -0.3 is 9.84 Å². The minimum atomic E-state index is -0.745. The van der Waals surface area contributed by atoms with Gasteiger partial charge in [-0.1, -0.05) is 42.2 Å². The van der Waals surface area contributed by atoms with Crippen molar-refractivity contribution in [3.63, 3.8) is 0 Å². The molecule has 1 N–H and O–H groups in total. The number of benzene rings is 2. The number of hydrogen-bond acceptors (Lipinski definition) is 2. The molecule has 1 aliphatic rings. The first-order valence-corrected chi connectivity index (χ1v) is 7.83. The van der Waals surface area contributed by atoms with E-state index in [4.69, 9.17) is 4.74 Å². The molecule has 24 heavy (non-hydrogen) atoms. The lowest BCUT2D eigenvalue weighted by Crippen LogP contribution is -2.00. The van der Waals surface area contributed by atoms with Gasteiger partial charge in [0.15, 0.2) is 0 Å². The Kier molecular flexibility index (Phi) is 4.67. The fourth-order valence-electron chi connectivity index (χ4n) is 2.59. The Balaban J connectivity index is 1.87. The van der Waals surface area contributed by atoms with Crippen LogP contribution >= 0.6 is 0 Å². The highest BCUT2D eigenvalue weighted by Crippen LogP contribution is 2.44. The molecule has 1 fully saturated rings. The zero-order chi connectivity index (χ0) is 16.9. The molecule has 2 aromatic rings. The SMILES string of the molecule is COc1ccc(C#C/C(=C/c2ccccc2)[C@H]2C[C@@H]2C(=O)O)cc1. The van der Waals surface area contributed by atoms with Gasteiger partial charge in [-0.2, -0.15) is 0 Å². The highest BCUT2D eigenvalue weighted by Gasteiger charge is 2.45. The summed E-state index contributed by atoms with van der Waals surface area (Å²) in [4.78, 5) is 11.2. The zero-order valence-electron chi connectivity index (χ0n) is 13.4. The third-order valence-corrected chi connectivity index (χ3v) is 4.07. The Morgan fingerprint density at radius 3 is 2.42 bits per heavy atom. The van der Waals surface area contributed by atoms with Crippen molar-refractivity contribution < 1.29 is 14.6 Å². The molecule has 3 heteroatoms. The van der Waals surface area contributed by atoms with Gasteiger partial charge in [0, 0.05) is 17.1 Å². The zero-order valence-corrected chi connectivity index (χ0v) is 13.4. The van der Waals surface area contributed by atoms with E-state index in [1.807, 2.05) is 60.7 Å². The van der Waals surface area contributed by atoms with Crippen LogP contribution in [0.1, 0.15) is 17.5 Å². The molecule has 0 spiro atoms. The van der Waals surface area contributed by atoms with Gasteiger partial charge in [0.1, 0.15) is 5.75 Å². The van der Waals surface area contributed by atoms with Gasteiger partial charge in [0.2, 0.25) is 0 Å². The lowest BCUT2D eigenvalue weighted by Gasteiger charge is -2.00. The molecule has 3 rings (SSSR count). The molecule has 2 aromatic carbocycles. The third-order valence-electron chi connectivity index (χ3n) is 4.07. The number of carboxylic acid groups (broad SMARTS) is 1. The van der Waals surface area contributed by atoms with Crippen molar-refractivity contribution in [1.82, 2.24) is 0 Å². The van der Waals surface area contributed by atoms with Crippen molar-refractivity contribution >= 4 is 12.0 Å². The first-order chi connectivity index (χ1) is 11.7. The summed E-state index contributed by atoms with van der Waals surface area (Å²) in [6, 6.07) is 17.4. The molecule has 0 bridgehead atoms. The van der Waals surface area contributed by atoms with Crippen LogP contribution in [-0.2, 0) is 4.79 Å². The van der Waals surface area contributed by atoms with Gasteiger partial charge in [-0.3, -0.25) is 4.79 Å². The first kappa shape index (κ1) is 15.9. The molecule has 3 nitrogen and oxygen atoms in total. The summed E-state index contributed by atoms with van der Waals surface area (Å²) >= 11 is 0. The van der Waals surface area contributed by atoms with Crippen LogP contribution in [0.3, 0.4) is 0 Å². The van der Waals surface area contributed by atoms with Crippen LogP contribution in [0.2, 0.25) is 0 Å². The number of allylic oxidation sites excluding steroid dienone is 1. The van der Waals surface area contributed by atoms with E-state index in [2.05, 4.69) is 11.8 Å². The number of hydrogen-bond donors (Lipinski definition) is 1. The lowest BCUT2D eigenvalue weighted by molar-refractivity contribution is -0.138. The molecule has 1 aliphatic carbocycles. The smallest absolute Gasteiger partial charge is 0.307 e. The Morgan fingerprint density at radius 1 is 1.12 bits per heavy atom. The summed E-state index contributed by atoms with van der Waals surface area (Å²) in [6.45, 7) is 0. The average molecular weight is 318 g/mol. The summed E-state index contributed by atoms with van der Waals surface area (Å²) in [6.07, 6.45) is 2.65. The number of rotatable bonds is 4. The van der Waals surface area contributed by atoms with Crippen molar-refractivity contribution in [1.29, 1.82) is 0 Å². The van der Waals surface area contributed by atoms with Crippen LogP contribution in [0, 0.1) is 23.7 Å². The Bertz CT molecular complexity index is 808. The third kappa shape index (κ3) is 3.85. The van der Waals surface area contributed by atoms with Crippen molar-refractivity contribution in [2.24, 2.45) is 11.8 Å². The number of ether oxygens (including phenoxy) is 1. The Morgan fingerprint density at radius 2 is 1.83 bits per heavy atom. The average Bonchev–Trinajstić information content (AvgIpc) is 3.41. The maximum absolute atomic E-state index is 11.2. The van der Waals surface area contributed by atoms with E-state index in [0.717, 1.165) is 22.4 Å². The van der Waals surface area contributed by atoms with Crippen molar-refractivity contribution in [3.8, 4) is 17.6 Å². The minimum absolute atomic E-state index is 0.00783. The summed E-state index contributed by atoms with van der Waals surface area (Å²) < 4.78 is 5.14. The Hall–Kier alpha value is -2.99. The first-order valence-electron chi connectivity index (χ1n) is 7.83. The van der Waals surface area contributed by atoms with Gasteiger partial charge in [-0.05, 0) is 42.3 Å². The summed E-state index contributed by atoms with van der Waals surface area (Å²) in [5.74, 6) is 6.04. The highest BCUT2D eigenvalue weighted by atomic mass is 16.5. The molecule has 0 aromatic heterocycles.